The predicted molar refractivity (Wildman–Crippen MR) is 40.4 cm³/mol. The van der Waals surface area contributed by atoms with Gasteiger partial charge in [0.05, 0.1) is 19.3 Å². The normalized spacial score (nSPS) is 26.2. The quantitative estimate of drug-likeness (QED) is 0.601. The molecule has 72 valence electrons. The summed E-state index contributed by atoms with van der Waals surface area (Å²) in [5.74, 6) is -2.57. The highest BCUT2D eigenvalue weighted by Gasteiger charge is 2.58. The molecule has 0 aromatic carbocycles. The zero-order valence-corrected chi connectivity index (χ0v) is 7.35. The number of hydrogen-bond acceptors (Lipinski definition) is 2. The van der Waals surface area contributed by atoms with Gasteiger partial charge in [0.15, 0.2) is 0 Å². The molecule has 0 bridgehead atoms. The fourth-order valence-electron chi connectivity index (χ4n) is 0.843. The molecule has 0 amide bonds. The Labute approximate surface area is 70.8 Å². The van der Waals surface area contributed by atoms with Crippen LogP contribution in [0.1, 0.15) is 20.3 Å². The lowest BCUT2D eigenvalue weighted by Gasteiger charge is -2.07. The van der Waals surface area contributed by atoms with E-state index in [2.05, 4.69) is 0 Å². The van der Waals surface area contributed by atoms with E-state index in [4.69, 9.17) is 9.47 Å². The number of rotatable bonds is 5. The Morgan fingerprint density at radius 1 is 1.42 bits per heavy atom. The molecule has 2 nitrogen and oxygen atoms in total. The molecule has 4 heteroatoms. The zero-order chi connectivity index (χ0) is 9.19. The highest BCUT2D eigenvalue weighted by molar-refractivity contribution is 4.96. The van der Waals surface area contributed by atoms with Gasteiger partial charge in [-0.05, 0) is 13.8 Å². The first-order valence-corrected chi connectivity index (χ1v) is 4.13. The molecule has 1 aliphatic carbocycles. The molecule has 0 radical (unpaired) electrons. The van der Waals surface area contributed by atoms with Crippen molar-refractivity contribution in [2.45, 2.75) is 38.4 Å². The Balaban J connectivity index is 1.91. The van der Waals surface area contributed by atoms with E-state index in [9.17, 15) is 8.78 Å². The van der Waals surface area contributed by atoms with Crippen LogP contribution in [0.25, 0.3) is 0 Å². The zero-order valence-electron chi connectivity index (χ0n) is 7.35. The summed E-state index contributed by atoms with van der Waals surface area (Å²) in [5, 5.41) is 0. The molecule has 0 heterocycles. The first-order valence-electron chi connectivity index (χ1n) is 4.13. The lowest BCUT2D eigenvalue weighted by atomic mass is 10.5. The van der Waals surface area contributed by atoms with Crippen LogP contribution in [0.5, 0.6) is 0 Å². The van der Waals surface area contributed by atoms with Crippen molar-refractivity contribution < 1.29 is 18.3 Å². The Morgan fingerprint density at radius 2 is 2.00 bits per heavy atom. The van der Waals surface area contributed by atoms with Gasteiger partial charge in [0, 0.05) is 6.42 Å². The fourth-order valence-corrected chi connectivity index (χ4v) is 0.843. The highest BCUT2D eigenvalue weighted by Crippen LogP contribution is 2.44. The smallest absolute Gasteiger partial charge is 0.276 e. The molecule has 1 rings (SSSR count). The lowest BCUT2D eigenvalue weighted by molar-refractivity contribution is -0.0225. The second kappa shape index (κ2) is 3.66. The predicted octanol–water partition coefficient (Wildman–Crippen LogP) is 1.84. The van der Waals surface area contributed by atoms with Gasteiger partial charge in [-0.15, -0.1) is 0 Å². The maximum atomic E-state index is 12.2. The van der Waals surface area contributed by atoms with Crippen LogP contribution in [0.15, 0.2) is 0 Å². The van der Waals surface area contributed by atoms with E-state index in [1.807, 2.05) is 13.8 Å². The standard InChI is InChI=1S/C8H14F2O2/c1-6(2)11-3-4-12-7-5-8(7,9)10/h6-7H,3-5H2,1-2H3. The summed E-state index contributed by atoms with van der Waals surface area (Å²) in [6, 6.07) is 0. The Hall–Kier alpha value is -0.220. The van der Waals surface area contributed by atoms with E-state index in [0.29, 0.717) is 6.61 Å². The van der Waals surface area contributed by atoms with Gasteiger partial charge in [-0.25, -0.2) is 8.78 Å². The molecule has 1 aliphatic rings. The first kappa shape index (κ1) is 9.86. The van der Waals surface area contributed by atoms with E-state index in [-0.39, 0.29) is 19.1 Å². The summed E-state index contributed by atoms with van der Waals surface area (Å²) < 4.78 is 34.4. The second-order valence-electron chi connectivity index (χ2n) is 3.24. The van der Waals surface area contributed by atoms with Crippen molar-refractivity contribution in [3.63, 3.8) is 0 Å². The van der Waals surface area contributed by atoms with Crippen molar-refractivity contribution >= 4 is 0 Å². The van der Waals surface area contributed by atoms with Crippen LogP contribution in [0.2, 0.25) is 0 Å². The molecule has 1 fully saturated rings. The van der Waals surface area contributed by atoms with Crippen molar-refractivity contribution in [3.05, 3.63) is 0 Å². The summed E-state index contributed by atoms with van der Waals surface area (Å²) in [6.07, 6.45) is -0.851. The molecule has 1 atom stereocenters. The molecule has 0 saturated heterocycles. The van der Waals surface area contributed by atoms with Crippen LogP contribution in [0.3, 0.4) is 0 Å². The third-order valence-corrected chi connectivity index (χ3v) is 1.62. The van der Waals surface area contributed by atoms with Crippen molar-refractivity contribution in [2.24, 2.45) is 0 Å². The SMILES string of the molecule is CC(C)OCCOC1CC1(F)F. The van der Waals surface area contributed by atoms with Crippen molar-refractivity contribution in [1.29, 1.82) is 0 Å². The first-order chi connectivity index (χ1) is 5.52. The highest BCUT2D eigenvalue weighted by atomic mass is 19.3. The largest absolute Gasteiger partial charge is 0.376 e. The second-order valence-corrected chi connectivity index (χ2v) is 3.24. The molecule has 12 heavy (non-hydrogen) atoms. The molecule has 0 aromatic heterocycles. The average Bonchev–Trinajstić information content (AvgIpc) is 2.51. The molecule has 1 saturated carbocycles. The summed E-state index contributed by atoms with van der Waals surface area (Å²) in [6.45, 7) is 4.44. The Kier molecular flexibility index (Phi) is 3.01. The minimum absolute atomic E-state index is 0.130. The summed E-state index contributed by atoms with van der Waals surface area (Å²) in [5.41, 5.74) is 0. The monoisotopic (exact) mass is 180 g/mol. The minimum Gasteiger partial charge on any atom is -0.376 e. The fraction of sp³-hybridized carbons (Fsp3) is 1.00. The van der Waals surface area contributed by atoms with Gasteiger partial charge >= 0.3 is 0 Å². The van der Waals surface area contributed by atoms with Crippen LogP contribution >= 0.6 is 0 Å². The molecular formula is C8H14F2O2. The third kappa shape index (κ3) is 3.03. The molecular weight excluding hydrogens is 166 g/mol. The van der Waals surface area contributed by atoms with Crippen LogP contribution in [0, 0.1) is 0 Å². The van der Waals surface area contributed by atoms with Crippen LogP contribution < -0.4 is 0 Å². The van der Waals surface area contributed by atoms with Gasteiger partial charge in [0.25, 0.3) is 5.92 Å². The number of halogens is 2. The van der Waals surface area contributed by atoms with Crippen molar-refractivity contribution in [2.75, 3.05) is 13.2 Å². The number of ether oxygens (including phenoxy) is 2. The van der Waals surface area contributed by atoms with E-state index in [1.165, 1.54) is 0 Å². The maximum absolute atomic E-state index is 12.2. The van der Waals surface area contributed by atoms with Crippen molar-refractivity contribution in [1.82, 2.24) is 0 Å². The Morgan fingerprint density at radius 3 is 2.42 bits per heavy atom. The van der Waals surface area contributed by atoms with Crippen molar-refractivity contribution in [3.8, 4) is 0 Å². The van der Waals surface area contributed by atoms with Crippen LogP contribution in [-0.2, 0) is 9.47 Å². The van der Waals surface area contributed by atoms with Gasteiger partial charge in [0.2, 0.25) is 0 Å². The molecule has 0 spiro atoms. The summed E-state index contributed by atoms with van der Waals surface area (Å²) in [4.78, 5) is 0. The van der Waals surface area contributed by atoms with Gasteiger partial charge in [-0.1, -0.05) is 0 Å². The van der Waals surface area contributed by atoms with Crippen LogP contribution in [0.4, 0.5) is 8.78 Å². The third-order valence-electron chi connectivity index (χ3n) is 1.62. The van der Waals surface area contributed by atoms with E-state index < -0.39 is 12.0 Å². The number of alkyl halides is 2. The summed E-state index contributed by atoms with van der Waals surface area (Å²) in [7, 11) is 0. The molecule has 0 aromatic rings. The van der Waals surface area contributed by atoms with Gasteiger partial charge < -0.3 is 9.47 Å². The molecule has 0 N–H and O–H groups in total. The molecule has 1 unspecified atom stereocenters. The Bertz CT molecular complexity index is 148. The van der Waals surface area contributed by atoms with E-state index in [1.54, 1.807) is 0 Å². The van der Waals surface area contributed by atoms with Crippen LogP contribution in [-0.4, -0.2) is 31.3 Å². The minimum atomic E-state index is -2.57. The van der Waals surface area contributed by atoms with Gasteiger partial charge in [-0.2, -0.15) is 0 Å². The van der Waals surface area contributed by atoms with Gasteiger partial charge in [0.1, 0.15) is 6.10 Å². The summed E-state index contributed by atoms with van der Waals surface area (Å²) >= 11 is 0. The van der Waals surface area contributed by atoms with Gasteiger partial charge in [-0.3, -0.25) is 0 Å². The lowest BCUT2D eigenvalue weighted by Crippen LogP contribution is -2.12. The molecule has 0 aliphatic heterocycles. The van der Waals surface area contributed by atoms with E-state index >= 15 is 0 Å². The number of hydrogen-bond donors (Lipinski definition) is 0. The average molecular weight is 180 g/mol. The van der Waals surface area contributed by atoms with E-state index in [0.717, 1.165) is 0 Å². The topological polar surface area (TPSA) is 18.5 Å². The maximum Gasteiger partial charge on any atom is 0.276 e.